The predicted octanol–water partition coefficient (Wildman–Crippen LogP) is 3.41. The second-order valence-electron chi connectivity index (χ2n) is 5.03. The first-order valence-corrected chi connectivity index (χ1v) is 5.93. The van der Waals surface area contributed by atoms with Crippen molar-refractivity contribution in [2.45, 2.75) is 46.1 Å². The van der Waals surface area contributed by atoms with Crippen LogP contribution < -0.4 is 5.73 Å². The Morgan fingerprint density at radius 2 is 1.67 bits per heavy atom. The van der Waals surface area contributed by atoms with Gasteiger partial charge < -0.3 is 5.73 Å². The number of aryl methyl sites for hydroxylation is 3. The van der Waals surface area contributed by atoms with E-state index in [0.29, 0.717) is 0 Å². The van der Waals surface area contributed by atoms with Gasteiger partial charge in [0.25, 0.3) is 0 Å². The zero-order valence-electron chi connectivity index (χ0n) is 10.0. The molecule has 1 aromatic carbocycles. The van der Waals surface area contributed by atoms with E-state index >= 15 is 0 Å². The summed E-state index contributed by atoms with van der Waals surface area (Å²) in [5, 5.41) is 0. The van der Waals surface area contributed by atoms with E-state index in [9.17, 15) is 0 Å². The number of nitrogens with two attached hydrogens (primary N) is 1. The number of hydrogen-bond acceptors (Lipinski definition) is 1. The van der Waals surface area contributed by atoms with Gasteiger partial charge in [-0.25, -0.2) is 0 Å². The predicted molar refractivity (Wildman–Crippen MR) is 64.9 cm³/mol. The first kappa shape index (κ1) is 10.7. The summed E-state index contributed by atoms with van der Waals surface area (Å²) in [6.45, 7) is 6.53. The van der Waals surface area contributed by atoms with E-state index < -0.39 is 0 Å². The molecule has 0 saturated heterocycles. The van der Waals surface area contributed by atoms with Crippen LogP contribution in [0.25, 0.3) is 0 Å². The molecule has 0 heterocycles. The van der Waals surface area contributed by atoms with Crippen LogP contribution in [0, 0.1) is 26.7 Å². The Hall–Kier alpha value is -0.820. The monoisotopic (exact) mass is 203 g/mol. The van der Waals surface area contributed by atoms with Gasteiger partial charge in [-0.3, -0.25) is 0 Å². The Kier molecular flexibility index (Phi) is 2.83. The second kappa shape index (κ2) is 3.97. The summed E-state index contributed by atoms with van der Waals surface area (Å²) in [5.41, 5.74) is 11.8. The molecular formula is C14H21N. The summed E-state index contributed by atoms with van der Waals surface area (Å²) in [6.07, 6.45) is 3.99. The molecule has 1 aromatic rings. The van der Waals surface area contributed by atoms with E-state index in [-0.39, 0.29) is 6.04 Å². The summed E-state index contributed by atoms with van der Waals surface area (Å²) in [5.74, 6) is 0.727. The van der Waals surface area contributed by atoms with E-state index in [1.165, 1.54) is 41.5 Å². The van der Waals surface area contributed by atoms with Crippen LogP contribution >= 0.6 is 0 Å². The van der Waals surface area contributed by atoms with Crippen LogP contribution in [0.15, 0.2) is 12.1 Å². The summed E-state index contributed by atoms with van der Waals surface area (Å²) in [6, 6.07) is 4.76. The lowest BCUT2D eigenvalue weighted by Crippen LogP contribution is -2.28. The molecule has 1 aliphatic rings. The third-order valence-electron chi connectivity index (χ3n) is 3.73. The molecule has 0 unspecified atom stereocenters. The van der Waals surface area contributed by atoms with Crippen LogP contribution in [-0.4, -0.2) is 0 Å². The fourth-order valence-corrected chi connectivity index (χ4v) is 2.75. The zero-order valence-corrected chi connectivity index (χ0v) is 10.0. The molecule has 1 aliphatic carbocycles. The fourth-order valence-electron chi connectivity index (χ4n) is 2.75. The topological polar surface area (TPSA) is 26.0 Å². The van der Waals surface area contributed by atoms with Crippen LogP contribution in [0.4, 0.5) is 0 Å². The van der Waals surface area contributed by atoms with Crippen LogP contribution in [-0.2, 0) is 0 Å². The van der Waals surface area contributed by atoms with Crippen molar-refractivity contribution >= 4 is 0 Å². The second-order valence-corrected chi connectivity index (χ2v) is 5.03. The van der Waals surface area contributed by atoms with Crippen molar-refractivity contribution in [3.05, 3.63) is 34.4 Å². The molecule has 0 spiro atoms. The van der Waals surface area contributed by atoms with E-state index in [1.54, 1.807) is 0 Å². The summed E-state index contributed by atoms with van der Waals surface area (Å²) < 4.78 is 0. The molecule has 0 aliphatic heterocycles. The number of benzene rings is 1. The van der Waals surface area contributed by atoms with Gasteiger partial charge in [0.1, 0.15) is 0 Å². The van der Waals surface area contributed by atoms with Gasteiger partial charge in [-0.2, -0.15) is 0 Å². The first-order chi connectivity index (χ1) is 7.09. The van der Waals surface area contributed by atoms with Crippen molar-refractivity contribution in [1.82, 2.24) is 0 Å². The third kappa shape index (κ3) is 1.93. The van der Waals surface area contributed by atoms with E-state index in [1.807, 2.05) is 0 Å². The van der Waals surface area contributed by atoms with Crippen molar-refractivity contribution in [2.24, 2.45) is 11.7 Å². The van der Waals surface area contributed by atoms with Crippen LogP contribution in [0.3, 0.4) is 0 Å². The average molecular weight is 203 g/mol. The quantitative estimate of drug-likeness (QED) is 0.783. The Balaban J connectivity index is 2.33. The van der Waals surface area contributed by atoms with Crippen molar-refractivity contribution in [3.63, 3.8) is 0 Å². The highest BCUT2D eigenvalue weighted by molar-refractivity contribution is 5.40. The standard InChI is InChI=1S/C14H21N/c1-9-7-10(2)13(11(3)8-9)14(15)12-5-4-6-12/h7-8,12,14H,4-6,15H2,1-3H3/t14-/m0/s1. The smallest absolute Gasteiger partial charge is 0.0328 e. The summed E-state index contributed by atoms with van der Waals surface area (Å²) in [4.78, 5) is 0. The van der Waals surface area contributed by atoms with Crippen LogP contribution in [0.5, 0.6) is 0 Å². The van der Waals surface area contributed by atoms with Crippen molar-refractivity contribution in [3.8, 4) is 0 Å². The minimum Gasteiger partial charge on any atom is -0.324 e. The van der Waals surface area contributed by atoms with Gasteiger partial charge in [0, 0.05) is 6.04 Å². The Bertz CT molecular complexity index is 341. The molecule has 0 amide bonds. The maximum atomic E-state index is 6.35. The van der Waals surface area contributed by atoms with Gasteiger partial charge in [-0.15, -0.1) is 0 Å². The minimum absolute atomic E-state index is 0.263. The molecule has 1 heteroatoms. The molecule has 1 fully saturated rings. The van der Waals surface area contributed by atoms with Crippen molar-refractivity contribution < 1.29 is 0 Å². The third-order valence-corrected chi connectivity index (χ3v) is 3.73. The molecule has 2 N–H and O–H groups in total. The van der Waals surface area contributed by atoms with Gasteiger partial charge in [-0.05, 0) is 56.2 Å². The summed E-state index contributed by atoms with van der Waals surface area (Å²) in [7, 11) is 0. The Morgan fingerprint density at radius 3 is 2.07 bits per heavy atom. The largest absolute Gasteiger partial charge is 0.324 e. The van der Waals surface area contributed by atoms with Crippen LogP contribution in [0.1, 0.15) is 47.6 Å². The Labute approximate surface area is 92.7 Å². The molecule has 15 heavy (non-hydrogen) atoms. The molecule has 1 saturated carbocycles. The molecule has 0 bridgehead atoms. The van der Waals surface area contributed by atoms with Crippen molar-refractivity contribution in [1.29, 1.82) is 0 Å². The average Bonchev–Trinajstić information content (AvgIpc) is 1.97. The zero-order chi connectivity index (χ0) is 11.0. The first-order valence-electron chi connectivity index (χ1n) is 5.93. The number of rotatable bonds is 2. The normalized spacial score (nSPS) is 18.7. The molecule has 0 aromatic heterocycles. The lowest BCUT2D eigenvalue weighted by Gasteiger charge is -2.33. The van der Waals surface area contributed by atoms with Gasteiger partial charge >= 0.3 is 0 Å². The van der Waals surface area contributed by atoms with Gasteiger partial charge in [0.15, 0.2) is 0 Å². The van der Waals surface area contributed by atoms with Crippen molar-refractivity contribution in [2.75, 3.05) is 0 Å². The SMILES string of the molecule is Cc1cc(C)c([C@@H](N)C2CCC2)c(C)c1. The highest BCUT2D eigenvalue weighted by Crippen LogP contribution is 2.38. The minimum atomic E-state index is 0.263. The Morgan fingerprint density at radius 1 is 1.13 bits per heavy atom. The molecule has 1 nitrogen and oxygen atoms in total. The van der Waals surface area contributed by atoms with Crippen LogP contribution in [0.2, 0.25) is 0 Å². The molecule has 82 valence electrons. The summed E-state index contributed by atoms with van der Waals surface area (Å²) >= 11 is 0. The fraction of sp³-hybridized carbons (Fsp3) is 0.571. The maximum Gasteiger partial charge on any atom is 0.0328 e. The van der Waals surface area contributed by atoms with E-state index in [2.05, 4.69) is 32.9 Å². The van der Waals surface area contributed by atoms with E-state index in [4.69, 9.17) is 5.73 Å². The molecule has 2 rings (SSSR count). The lowest BCUT2D eigenvalue weighted by molar-refractivity contribution is 0.263. The highest BCUT2D eigenvalue weighted by Gasteiger charge is 2.27. The van der Waals surface area contributed by atoms with Gasteiger partial charge in [0.2, 0.25) is 0 Å². The van der Waals surface area contributed by atoms with Gasteiger partial charge in [0.05, 0.1) is 0 Å². The maximum absolute atomic E-state index is 6.35. The highest BCUT2D eigenvalue weighted by atomic mass is 14.7. The molecular weight excluding hydrogens is 182 g/mol. The molecule has 0 radical (unpaired) electrons. The van der Waals surface area contributed by atoms with E-state index in [0.717, 1.165) is 5.92 Å². The molecule has 1 atom stereocenters. The lowest BCUT2D eigenvalue weighted by atomic mass is 9.75. The number of hydrogen-bond donors (Lipinski definition) is 1. The van der Waals surface area contributed by atoms with Gasteiger partial charge in [-0.1, -0.05) is 24.1 Å².